The van der Waals surface area contributed by atoms with E-state index in [1.165, 1.54) is 25.7 Å². The average Bonchev–Trinajstić information content (AvgIpc) is 2.76. The highest BCUT2D eigenvalue weighted by Gasteiger charge is 2.70. The minimum atomic E-state index is 0.686. The highest BCUT2D eigenvalue weighted by Crippen LogP contribution is 2.76. The van der Waals surface area contributed by atoms with Crippen LogP contribution in [0.25, 0.3) is 0 Å². The van der Waals surface area contributed by atoms with Gasteiger partial charge in [0.05, 0.1) is 5.71 Å². The van der Waals surface area contributed by atoms with E-state index in [9.17, 15) is 0 Å². The molecule has 4 rings (SSSR count). The molecule has 0 amide bonds. The van der Waals surface area contributed by atoms with Crippen molar-refractivity contribution >= 4 is 5.71 Å². The summed E-state index contributed by atoms with van der Waals surface area (Å²) in [5, 5.41) is 12.3. The molecule has 1 spiro atoms. The monoisotopic (exact) mass is 177 g/mol. The van der Waals surface area contributed by atoms with Crippen LogP contribution in [0.3, 0.4) is 0 Å². The molecule has 0 aromatic carbocycles. The van der Waals surface area contributed by atoms with Crippen molar-refractivity contribution in [3.05, 3.63) is 0 Å². The van der Waals surface area contributed by atoms with Gasteiger partial charge in [0.2, 0.25) is 0 Å². The first-order valence-corrected chi connectivity index (χ1v) is 5.55. The highest BCUT2D eigenvalue weighted by atomic mass is 16.4. The van der Waals surface area contributed by atoms with Crippen LogP contribution in [0.15, 0.2) is 5.16 Å². The first-order chi connectivity index (χ1) is 6.34. The lowest BCUT2D eigenvalue weighted by atomic mass is 9.56. The minimum absolute atomic E-state index is 0.686. The van der Waals surface area contributed by atoms with Crippen LogP contribution in [0.4, 0.5) is 0 Å². The summed E-state index contributed by atoms with van der Waals surface area (Å²) in [6.07, 6.45) is 6.92. The molecule has 2 heteroatoms. The zero-order valence-corrected chi connectivity index (χ0v) is 7.74. The molecule has 0 heterocycles. The van der Waals surface area contributed by atoms with Crippen molar-refractivity contribution in [2.24, 2.45) is 34.2 Å². The van der Waals surface area contributed by atoms with Crippen LogP contribution in [0.1, 0.15) is 32.1 Å². The fraction of sp³-hybridized carbons (Fsp3) is 0.909. The zero-order chi connectivity index (χ0) is 8.63. The summed E-state index contributed by atoms with van der Waals surface area (Å²) in [7, 11) is 0. The van der Waals surface area contributed by atoms with Crippen molar-refractivity contribution in [1.82, 2.24) is 0 Å². The second-order valence-corrected chi connectivity index (χ2v) is 5.65. The van der Waals surface area contributed by atoms with Crippen molar-refractivity contribution in [1.29, 1.82) is 0 Å². The maximum absolute atomic E-state index is 8.85. The first-order valence-electron chi connectivity index (χ1n) is 5.55. The Balaban J connectivity index is 1.70. The molecule has 0 aliphatic heterocycles. The number of fused-ring (bicyclic) bond motifs is 6. The molecule has 4 aliphatic rings. The Kier molecular flexibility index (Phi) is 0.946. The third-order valence-corrected chi connectivity index (χ3v) is 5.31. The van der Waals surface area contributed by atoms with Crippen LogP contribution in [0, 0.1) is 29.1 Å². The number of hydrogen-bond acceptors (Lipinski definition) is 2. The van der Waals surface area contributed by atoms with E-state index < -0.39 is 0 Å². The van der Waals surface area contributed by atoms with Crippen LogP contribution >= 0.6 is 0 Å². The van der Waals surface area contributed by atoms with Gasteiger partial charge >= 0.3 is 0 Å². The fourth-order valence-electron chi connectivity index (χ4n) is 4.74. The van der Waals surface area contributed by atoms with E-state index in [2.05, 4.69) is 5.16 Å². The van der Waals surface area contributed by atoms with E-state index in [-0.39, 0.29) is 0 Å². The van der Waals surface area contributed by atoms with Crippen molar-refractivity contribution in [3.63, 3.8) is 0 Å². The molecule has 4 fully saturated rings. The second kappa shape index (κ2) is 1.79. The van der Waals surface area contributed by atoms with Crippen LogP contribution in [-0.4, -0.2) is 10.9 Å². The minimum Gasteiger partial charge on any atom is -0.411 e. The van der Waals surface area contributed by atoms with Crippen molar-refractivity contribution in [2.45, 2.75) is 32.1 Å². The number of nitrogens with zero attached hydrogens (tertiary/aromatic N) is 1. The molecule has 70 valence electrons. The van der Waals surface area contributed by atoms with Gasteiger partial charge in [-0.05, 0) is 55.3 Å². The lowest BCUT2D eigenvalue weighted by molar-refractivity contribution is 0.0265. The highest BCUT2D eigenvalue weighted by molar-refractivity contribution is 5.90. The zero-order valence-electron chi connectivity index (χ0n) is 7.74. The molecule has 13 heavy (non-hydrogen) atoms. The van der Waals surface area contributed by atoms with Gasteiger partial charge in [-0.2, -0.15) is 0 Å². The summed E-state index contributed by atoms with van der Waals surface area (Å²) in [5.41, 5.74) is 1.95. The predicted octanol–water partition coefficient (Wildman–Crippen LogP) is 2.27. The maximum Gasteiger partial charge on any atom is 0.0607 e. The normalized spacial score (nSPS) is 56.8. The number of hydrogen-bond donors (Lipinski definition) is 1. The van der Waals surface area contributed by atoms with Crippen molar-refractivity contribution in [3.8, 4) is 0 Å². The van der Waals surface area contributed by atoms with Gasteiger partial charge < -0.3 is 5.21 Å². The summed E-state index contributed by atoms with van der Waals surface area (Å²) >= 11 is 0. The topological polar surface area (TPSA) is 32.6 Å². The Hall–Kier alpha value is -0.530. The first kappa shape index (κ1) is 6.86. The van der Waals surface area contributed by atoms with E-state index in [1.54, 1.807) is 0 Å². The van der Waals surface area contributed by atoms with Gasteiger partial charge in [0.1, 0.15) is 0 Å². The van der Waals surface area contributed by atoms with Crippen LogP contribution in [-0.2, 0) is 0 Å². The van der Waals surface area contributed by atoms with Crippen LogP contribution < -0.4 is 0 Å². The molecule has 0 aromatic rings. The molecular formula is C11H15NO. The predicted molar refractivity (Wildman–Crippen MR) is 48.7 cm³/mol. The number of rotatable bonds is 0. The summed E-state index contributed by atoms with van der Waals surface area (Å²) in [6.45, 7) is 0. The van der Waals surface area contributed by atoms with E-state index in [4.69, 9.17) is 5.21 Å². The lowest BCUT2D eigenvalue weighted by Crippen LogP contribution is -2.45. The van der Waals surface area contributed by atoms with E-state index >= 15 is 0 Å². The third kappa shape index (κ3) is 0.598. The largest absolute Gasteiger partial charge is 0.411 e. The SMILES string of the molecule is O/N=C1/C[C@H]2C[C@H]1[C@H]1CC3(CC3)[C@@H]21. The molecule has 1 N–H and O–H groups in total. The van der Waals surface area contributed by atoms with Gasteiger partial charge in [-0.25, -0.2) is 0 Å². The van der Waals surface area contributed by atoms with E-state index in [0.717, 1.165) is 35.3 Å². The maximum atomic E-state index is 8.85. The summed E-state index contributed by atoms with van der Waals surface area (Å²) in [4.78, 5) is 0. The Morgan fingerprint density at radius 3 is 2.85 bits per heavy atom. The molecule has 4 saturated carbocycles. The molecule has 2 bridgehead atoms. The summed E-state index contributed by atoms with van der Waals surface area (Å²) in [6, 6.07) is 0. The Morgan fingerprint density at radius 1 is 1.38 bits per heavy atom. The lowest BCUT2D eigenvalue weighted by Gasteiger charge is -2.48. The van der Waals surface area contributed by atoms with E-state index in [1.807, 2.05) is 0 Å². The average molecular weight is 177 g/mol. The smallest absolute Gasteiger partial charge is 0.0607 e. The molecule has 0 saturated heterocycles. The molecule has 0 unspecified atom stereocenters. The third-order valence-electron chi connectivity index (χ3n) is 5.31. The van der Waals surface area contributed by atoms with E-state index in [0.29, 0.717) is 5.92 Å². The van der Waals surface area contributed by atoms with Crippen LogP contribution in [0.2, 0.25) is 0 Å². The summed E-state index contributed by atoms with van der Waals surface area (Å²) < 4.78 is 0. The van der Waals surface area contributed by atoms with Gasteiger partial charge in [0.25, 0.3) is 0 Å². The number of oxime groups is 1. The van der Waals surface area contributed by atoms with Crippen molar-refractivity contribution < 1.29 is 5.21 Å². The van der Waals surface area contributed by atoms with Crippen molar-refractivity contribution in [2.75, 3.05) is 0 Å². The molecule has 2 nitrogen and oxygen atoms in total. The molecular weight excluding hydrogens is 162 g/mol. The Morgan fingerprint density at radius 2 is 2.23 bits per heavy atom. The Bertz CT molecular complexity index is 303. The fourth-order valence-corrected chi connectivity index (χ4v) is 4.74. The van der Waals surface area contributed by atoms with Gasteiger partial charge in [-0.3, -0.25) is 0 Å². The second-order valence-electron chi connectivity index (χ2n) is 5.65. The van der Waals surface area contributed by atoms with Crippen LogP contribution in [0.5, 0.6) is 0 Å². The molecule has 4 atom stereocenters. The van der Waals surface area contributed by atoms with Gasteiger partial charge in [0, 0.05) is 5.92 Å². The summed E-state index contributed by atoms with van der Waals surface area (Å²) in [5.74, 6) is 3.55. The van der Waals surface area contributed by atoms with Gasteiger partial charge in [0.15, 0.2) is 0 Å². The molecule has 0 radical (unpaired) electrons. The molecule has 4 aliphatic carbocycles. The standard InChI is InChI=1S/C11H15NO/c13-12-9-4-6-3-7(9)8-5-11(1-2-11)10(6)8/h6-8,10,13H,1-5H2/b12-9-/t6-,7+,8-,10+/m1/s1. The van der Waals surface area contributed by atoms with Gasteiger partial charge in [-0.1, -0.05) is 5.16 Å². The Labute approximate surface area is 78.0 Å². The van der Waals surface area contributed by atoms with Gasteiger partial charge in [-0.15, -0.1) is 0 Å². The quantitative estimate of drug-likeness (QED) is 0.447. The molecule has 0 aromatic heterocycles.